The number of aliphatic hydroxyl groups is 2. The minimum absolute atomic E-state index is 0.0363. The predicted molar refractivity (Wildman–Crippen MR) is 97.8 cm³/mol. The van der Waals surface area contributed by atoms with E-state index in [-0.39, 0.29) is 23.9 Å². The highest BCUT2D eigenvalue weighted by Gasteiger charge is 2.82. The van der Waals surface area contributed by atoms with Crippen molar-refractivity contribution >= 4 is 11.6 Å². The number of epoxide rings is 1. The molecule has 6 heteroatoms. The molecule has 5 nitrogen and oxygen atoms in total. The van der Waals surface area contributed by atoms with Crippen LogP contribution >= 0.6 is 0 Å². The molecule has 1 spiro atoms. The molecular weight excluding hydrogens is 363 g/mol. The van der Waals surface area contributed by atoms with Crippen LogP contribution in [0.25, 0.3) is 0 Å². The maximum Gasteiger partial charge on any atom is 0.213 e. The van der Waals surface area contributed by atoms with Gasteiger partial charge in [0.15, 0.2) is 11.6 Å². The number of rotatable bonds is 2. The van der Waals surface area contributed by atoms with E-state index in [4.69, 9.17) is 4.74 Å². The molecule has 4 fully saturated rings. The summed E-state index contributed by atoms with van der Waals surface area (Å²) in [4.78, 5) is 24.5. The molecule has 1 aliphatic heterocycles. The number of carbonyl (C=O) groups excluding carboxylic acids is 2. The van der Waals surface area contributed by atoms with E-state index < -0.39 is 46.0 Å². The fourth-order valence-electron chi connectivity index (χ4n) is 7.78. The molecule has 28 heavy (non-hydrogen) atoms. The predicted octanol–water partition coefficient (Wildman–Crippen LogP) is 2.26. The van der Waals surface area contributed by atoms with Crippen LogP contribution in [0, 0.1) is 28.6 Å². The van der Waals surface area contributed by atoms with Crippen molar-refractivity contribution in [1.82, 2.24) is 0 Å². The Hall–Kier alpha value is -1.37. The lowest BCUT2D eigenvalue weighted by Gasteiger charge is -2.55. The van der Waals surface area contributed by atoms with Gasteiger partial charge in [-0.25, -0.2) is 4.39 Å². The molecule has 1 heterocycles. The van der Waals surface area contributed by atoms with Crippen LogP contribution in [0.2, 0.25) is 0 Å². The van der Waals surface area contributed by atoms with Crippen molar-refractivity contribution in [2.24, 2.45) is 28.6 Å². The Morgan fingerprint density at radius 1 is 1.36 bits per heavy atom. The standard InChI is InChI=1S/C22H27FO5/c1-11-8-14-12-4-5-13-18(23)15(25)6-7-19(13,2)22(12)17(28-22)9-20(14,3)21(11,27)16(26)10-24/h6-7,11-12,14,17,24,27H,4-5,8-10H2,1-3H3/t11-,12+,14+,17?,19+,20+,21+,22+/m1/s1. The molecule has 5 aliphatic rings. The van der Waals surface area contributed by atoms with Crippen LogP contribution in [-0.2, 0) is 14.3 Å². The fraction of sp³-hybridized carbons (Fsp3) is 0.727. The van der Waals surface area contributed by atoms with Gasteiger partial charge >= 0.3 is 0 Å². The number of ether oxygens (including phenoxy) is 1. The maximum atomic E-state index is 14.7. The lowest BCUT2D eigenvalue weighted by Crippen LogP contribution is -2.62. The normalized spacial score (nSPS) is 54.0. The first-order chi connectivity index (χ1) is 13.1. The van der Waals surface area contributed by atoms with Gasteiger partial charge in [-0.3, -0.25) is 9.59 Å². The van der Waals surface area contributed by atoms with Crippen LogP contribution in [0.3, 0.4) is 0 Å². The number of ketones is 2. The summed E-state index contributed by atoms with van der Waals surface area (Å²) in [5.41, 5.74) is -2.98. The molecule has 0 bridgehead atoms. The smallest absolute Gasteiger partial charge is 0.213 e. The topological polar surface area (TPSA) is 87.1 Å². The Morgan fingerprint density at radius 2 is 2.07 bits per heavy atom. The molecule has 0 aromatic heterocycles. The summed E-state index contributed by atoms with van der Waals surface area (Å²) in [5, 5.41) is 21.0. The van der Waals surface area contributed by atoms with Gasteiger partial charge in [-0.15, -0.1) is 0 Å². The third-order valence-electron chi connectivity index (χ3n) is 9.18. The van der Waals surface area contributed by atoms with Crippen molar-refractivity contribution in [1.29, 1.82) is 0 Å². The first kappa shape index (κ1) is 18.6. The number of Topliss-reactive ketones (excluding diaryl/α,β-unsaturated/α-hetero) is 1. The Balaban J connectivity index is 1.61. The third kappa shape index (κ3) is 1.71. The summed E-state index contributed by atoms with van der Waals surface area (Å²) in [7, 11) is 0. The molecule has 3 saturated carbocycles. The van der Waals surface area contributed by atoms with Crippen LogP contribution in [0.5, 0.6) is 0 Å². The average Bonchev–Trinajstić information content (AvgIpc) is 3.34. The van der Waals surface area contributed by atoms with Crippen LogP contribution in [0.4, 0.5) is 4.39 Å². The van der Waals surface area contributed by atoms with Gasteiger partial charge in [-0.1, -0.05) is 19.9 Å². The summed E-state index contributed by atoms with van der Waals surface area (Å²) in [5.74, 6) is -1.89. The number of hydrogen-bond donors (Lipinski definition) is 2. The second-order valence-electron chi connectivity index (χ2n) is 9.95. The number of carbonyl (C=O) groups is 2. The molecular formula is C22H27FO5. The Kier molecular flexibility index (Phi) is 3.47. The molecule has 0 aromatic carbocycles. The second-order valence-corrected chi connectivity index (χ2v) is 9.95. The second kappa shape index (κ2) is 5.21. The van der Waals surface area contributed by atoms with Gasteiger partial charge < -0.3 is 14.9 Å². The van der Waals surface area contributed by atoms with Crippen molar-refractivity contribution < 1.29 is 28.9 Å². The minimum Gasteiger partial charge on any atom is -0.388 e. The van der Waals surface area contributed by atoms with E-state index >= 15 is 0 Å². The third-order valence-corrected chi connectivity index (χ3v) is 9.18. The van der Waals surface area contributed by atoms with Crippen molar-refractivity contribution in [3.05, 3.63) is 23.6 Å². The molecule has 152 valence electrons. The first-order valence-corrected chi connectivity index (χ1v) is 10.2. The maximum absolute atomic E-state index is 14.7. The van der Waals surface area contributed by atoms with Crippen molar-refractivity contribution in [2.75, 3.05) is 6.61 Å². The quantitative estimate of drug-likeness (QED) is 0.707. The summed E-state index contributed by atoms with van der Waals surface area (Å²) in [6, 6.07) is 0. The van der Waals surface area contributed by atoms with E-state index in [0.29, 0.717) is 31.3 Å². The van der Waals surface area contributed by atoms with Gasteiger partial charge in [0.2, 0.25) is 5.78 Å². The molecule has 5 rings (SSSR count). The Bertz CT molecular complexity index is 863. The van der Waals surface area contributed by atoms with Gasteiger partial charge in [-0.2, -0.15) is 0 Å². The van der Waals surface area contributed by atoms with E-state index in [0.717, 1.165) is 0 Å². The highest BCUT2D eigenvalue weighted by Crippen LogP contribution is 2.76. The Morgan fingerprint density at radius 3 is 2.75 bits per heavy atom. The number of allylic oxidation sites excluding steroid dienone is 2. The summed E-state index contributed by atoms with van der Waals surface area (Å²) in [6.45, 7) is 5.12. The molecule has 1 unspecified atom stereocenters. The van der Waals surface area contributed by atoms with Crippen molar-refractivity contribution in [3.8, 4) is 0 Å². The minimum atomic E-state index is -1.58. The number of fused-ring (bicyclic) bond motifs is 3. The van der Waals surface area contributed by atoms with Gasteiger partial charge in [0.25, 0.3) is 0 Å². The lowest BCUT2D eigenvalue weighted by atomic mass is 9.46. The van der Waals surface area contributed by atoms with Gasteiger partial charge in [0.1, 0.15) is 17.8 Å². The van der Waals surface area contributed by atoms with Crippen LogP contribution in [0.1, 0.15) is 46.5 Å². The first-order valence-electron chi connectivity index (χ1n) is 10.2. The largest absolute Gasteiger partial charge is 0.388 e. The zero-order valence-corrected chi connectivity index (χ0v) is 16.5. The van der Waals surface area contributed by atoms with Gasteiger partial charge in [0.05, 0.1) is 6.10 Å². The highest BCUT2D eigenvalue weighted by molar-refractivity contribution is 6.04. The SMILES string of the molecule is C[C@@H]1C[C@H]2[C@@H]3CCC4=C(F)C(=O)C=C[C@]4(C)[C@]34OC4C[C@]2(C)[C@@]1(O)C(=O)CO. The van der Waals surface area contributed by atoms with Crippen molar-refractivity contribution in [3.63, 3.8) is 0 Å². The number of hydrogen-bond acceptors (Lipinski definition) is 5. The number of aliphatic hydroxyl groups excluding tert-OH is 1. The van der Waals surface area contributed by atoms with E-state index in [1.54, 1.807) is 0 Å². The van der Waals surface area contributed by atoms with Crippen LogP contribution in [0.15, 0.2) is 23.6 Å². The van der Waals surface area contributed by atoms with Crippen molar-refractivity contribution in [2.45, 2.75) is 63.8 Å². The molecule has 0 amide bonds. The molecule has 2 N–H and O–H groups in total. The van der Waals surface area contributed by atoms with Crippen LogP contribution < -0.4 is 0 Å². The monoisotopic (exact) mass is 390 g/mol. The molecule has 1 saturated heterocycles. The fourth-order valence-corrected chi connectivity index (χ4v) is 7.78. The number of halogens is 1. The van der Waals surface area contributed by atoms with Gasteiger partial charge in [0, 0.05) is 10.8 Å². The van der Waals surface area contributed by atoms with E-state index in [9.17, 15) is 24.2 Å². The average molecular weight is 390 g/mol. The van der Waals surface area contributed by atoms with E-state index in [1.165, 1.54) is 6.08 Å². The summed E-state index contributed by atoms with van der Waals surface area (Å²) >= 11 is 0. The van der Waals surface area contributed by atoms with E-state index in [1.807, 2.05) is 26.8 Å². The van der Waals surface area contributed by atoms with E-state index in [2.05, 4.69) is 0 Å². The molecule has 0 radical (unpaired) electrons. The lowest BCUT2D eigenvalue weighted by molar-refractivity contribution is -0.165. The zero-order valence-electron chi connectivity index (χ0n) is 16.5. The summed E-state index contributed by atoms with van der Waals surface area (Å²) < 4.78 is 21.0. The highest BCUT2D eigenvalue weighted by atomic mass is 19.1. The Labute approximate surface area is 163 Å². The molecule has 0 aromatic rings. The molecule has 8 atom stereocenters. The molecule has 4 aliphatic carbocycles. The zero-order chi connectivity index (χ0) is 20.3. The summed E-state index contributed by atoms with van der Waals surface area (Å²) in [6.07, 6.45) is 5.25. The van der Waals surface area contributed by atoms with Gasteiger partial charge in [-0.05, 0) is 62.0 Å². The van der Waals surface area contributed by atoms with Crippen LogP contribution in [-0.4, -0.2) is 45.7 Å².